The Balaban J connectivity index is 2.02. The molecule has 0 atom stereocenters. The van der Waals surface area contributed by atoms with E-state index >= 15 is 0 Å². The lowest BCUT2D eigenvalue weighted by atomic mass is 10.1. The van der Waals surface area contributed by atoms with Gasteiger partial charge in [0.05, 0.1) is 0 Å². The van der Waals surface area contributed by atoms with Crippen LogP contribution < -0.4 is 11.1 Å². The van der Waals surface area contributed by atoms with Crippen LogP contribution in [0.3, 0.4) is 0 Å². The molecule has 0 fully saturated rings. The number of nitrogens with one attached hydrogen (secondary N) is 2. The molecule has 0 aliphatic heterocycles. The predicted octanol–water partition coefficient (Wildman–Crippen LogP) is 0.910. The van der Waals surface area contributed by atoms with Gasteiger partial charge in [-0.2, -0.15) is 15.4 Å². The van der Waals surface area contributed by atoms with Gasteiger partial charge in [0.1, 0.15) is 11.4 Å². The Bertz CT molecular complexity index is 437. The molecule has 0 radical (unpaired) electrons. The number of H-pyrrole nitrogens is 1. The summed E-state index contributed by atoms with van der Waals surface area (Å²) in [6, 6.07) is 10.0. The second-order valence-corrected chi connectivity index (χ2v) is 3.80. The van der Waals surface area contributed by atoms with Crippen LogP contribution >= 0.6 is 0 Å². The van der Waals surface area contributed by atoms with Crippen molar-refractivity contribution in [1.29, 1.82) is 0 Å². The SMILES string of the molecule is NCCCNCc1n[nH]nc1-c1ccccc1. The molecular formula is C12H17N5. The highest BCUT2D eigenvalue weighted by Crippen LogP contribution is 2.18. The van der Waals surface area contributed by atoms with Gasteiger partial charge in [0.15, 0.2) is 0 Å². The average molecular weight is 231 g/mol. The number of rotatable bonds is 6. The zero-order valence-corrected chi connectivity index (χ0v) is 9.69. The molecule has 0 saturated heterocycles. The van der Waals surface area contributed by atoms with Crippen LogP contribution in [0.5, 0.6) is 0 Å². The van der Waals surface area contributed by atoms with E-state index in [1.165, 1.54) is 0 Å². The molecule has 0 unspecified atom stereocenters. The van der Waals surface area contributed by atoms with Crippen LogP contribution in [-0.2, 0) is 6.54 Å². The van der Waals surface area contributed by atoms with E-state index in [4.69, 9.17) is 5.73 Å². The fourth-order valence-corrected chi connectivity index (χ4v) is 1.64. The second-order valence-electron chi connectivity index (χ2n) is 3.80. The highest BCUT2D eigenvalue weighted by atomic mass is 15.3. The molecule has 0 amide bonds. The number of nitrogens with two attached hydrogens (primary N) is 1. The van der Waals surface area contributed by atoms with E-state index in [9.17, 15) is 0 Å². The molecule has 1 aromatic heterocycles. The predicted molar refractivity (Wildman–Crippen MR) is 67.2 cm³/mol. The second kappa shape index (κ2) is 6.12. The summed E-state index contributed by atoms with van der Waals surface area (Å²) in [6.07, 6.45) is 0.971. The molecule has 2 aromatic rings. The number of hydrogen-bond acceptors (Lipinski definition) is 4. The van der Waals surface area contributed by atoms with Gasteiger partial charge >= 0.3 is 0 Å². The molecule has 0 aliphatic rings. The summed E-state index contributed by atoms with van der Waals surface area (Å²) in [7, 11) is 0. The van der Waals surface area contributed by atoms with Crippen LogP contribution in [0, 0.1) is 0 Å². The highest BCUT2D eigenvalue weighted by molar-refractivity contribution is 5.60. The van der Waals surface area contributed by atoms with Crippen molar-refractivity contribution in [1.82, 2.24) is 20.7 Å². The number of aromatic amines is 1. The standard InChI is InChI=1S/C12H17N5/c13-7-4-8-14-9-11-12(16-17-15-11)10-5-2-1-3-6-10/h1-3,5-6,14H,4,7-9,13H2,(H,15,16,17). The Morgan fingerprint density at radius 2 is 2.00 bits per heavy atom. The van der Waals surface area contributed by atoms with Crippen molar-refractivity contribution in [3.05, 3.63) is 36.0 Å². The number of nitrogens with zero attached hydrogens (tertiary/aromatic N) is 2. The normalized spacial score (nSPS) is 10.6. The van der Waals surface area contributed by atoms with Crippen LogP contribution in [0.4, 0.5) is 0 Å². The zero-order chi connectivity index (χ0) is 11.9. The molecule has 0 spiro atoms. The minimum atomic E-state index is 0.706. The lowest BCUT2D eigenvalue weighted by molar-refractivity contribution is 0.645. The van der Waals surface area contributed by atoms with E-state index in [-0.39, 0.29) is 0 Å². The first-order valence-corrected chi connectivity index (χ1v) is 5.77. The van der Waals surface area contributed by atoms with Gasteiger partial charge in [-0.05, 0) is 19.5 Å². The van der Waals surface area contributed by atoms with Gasteiger partial charge in [-0.1, -0.05) is 30.3 Å². The monoisotopic (exact) mass is 231 g/mol. The zero-order valence-electron chi connectivity index (χ0n) is 9.69. The molecule has 5 heteroatoms. The van der Waals surface area contributed by atoms with Crippen molar-refractivity contribution >= 4 is 0 Å². The van der Waals surface area contributed by atoms with Gasteiger partial charge in [-0.25, -0.2) is 0 Å². The molecule has 90 valence electrons. The third kappa shape index (κ3) is 3.12. The Labute approximate surface area is 100 Å². The Hall–Kier alpha value is -1.72. The van der Waals surface area contributed by atoms with Crippen molar-refractivity contribution < 1.29 is 0 Å². The van der Waals surface area contributed by atoms with E-state index < -0.39 is 0 Å². The summed E-state index contributed by atoms with van der Waals surface area (Å²) in [5.41, 5.74) is 8.36. The summed E-state index contributed by atoms with van der Waals surface area (Å²) in [5.74, 6) is 0. The Kier molecular flexibility index (Phi) is 4.23. The third-order valence-corrected chi connectivity index (χ3v) is 2.52. The van der Waals surface area contributed by atoms with E-state index in [0.29, 0.717) is 13.1 Å². The van der Waals surface area contributed by atoms with Gasteiger partial charge in [-0.15, -0.1) is 0 Å². The summed E-state index contributed by atoms with van der Waals surface area (Å²) in [6.45, 7) is 2.32. The number of hydrogen-bond donors (Lipinski definition) is 3. The van der Waals surface area contributed by atoms with E-state index in [1.54, 1.807) is 0 Å². The molecule has 17 heavy (non-hydrogen) atoms. The molecule has 0 bridgehead atoms. The lowest BCUT2D eigenvalue weighted by Crippen LogP contribution is -2.18. The van der Waals surface area contributed by atoms with Crippen molar-refractivity contribution in [2.24, 2.45) is 5.73 Å². The van der Waals surface area contributed by atoms with Crippen molar-refractivity contribution in [2.45, 2.75) is 13.0 Å². The Morgan fingerprint density at radius 3 is 2.76 bits per heavy atom. The third-order valence-electron chi connectivity index (χ3n) is 2.52. The molecule has 1 heterocycles. The summed E-state index contributed by atoms with van der Waals surface area (Å²) >= 11 is 0. The van der Waals surface area contributed by atoms with Gasteiger partial charge < -0.3 is 11.1 Å². The largest absolute Gasteiger partial charge is 0.330 e. The molecule has 1 aromatic carbocycles. The summed E-state index contributed by atoms with van der Waals surface area (Å²) < 4.78 is 0. The van der Waals surface area contributed by atoms with Crippen molar-refractivity contribution in [3.8, 4) is 11.3 Å². The summed E-state index contributed by atoms with van der Waals surface area (Å²) in [5, 5.41) is 14.3. The van der Waals surface area contributed by atoms with E-state index in [0.717, 1.165) is 29.9 Å². The van der Waals surface area contributed by atoms with E-state index in [2.05, 4.69) is 20.7 Å². The minimum absolute atomic E-state index is 0.706. The lowest BCUT2D eigenvalue weighted by Gasteiger charge is -2.03. The van der Waals surface area contributed by atoms with Gasteiger partial charge in [0.2, 0.25) is 0 Å². The first-order valence-electron chi connectivity index (χ1n) is 5.77. The van der Waals surface area contributed by atoms with Crippen molar-refractivity contribution in [2.75, 3.05) is 13.1 Å². The maximum Gasteiger partial charge on any atom is 0.117 e. The number of aromatic nitrogens is 3. The van der Waals surface area contributed by atoms with Crippen LogP contribution in [0.2, 0.25) is 0 Å². The van der Waals surface area contributed by atoms with Gasteiger partial charge in [-0.3, -0.25) is 0 Å². The number of benzene rings is 1. The Morgan fingerprint density at radius 1 is 1.18 bits per heavy atom. The molecule has 0 saturated carbocycles. The quantitative estimate of drug-likeness (QED) is 0.646. The van der Waals surface area contributed by atoms with Crippen LogP contribution in [0.15, 0.2) is 30.3 Å². The minimum Gasteiger partial charge on any atom is -0.330 e. The van der Waals surface area contributed by atoms with Crippen LogP contribution in [-0.4, -0.2) is 28.5 Å². The van der Waals surface area contributed by atoms with E-state index in [1.807, 2.05) is 30.3 Å². The maximum atomic E-state index is 5.43. The first-order chi connectivity index (χ1) is 8.42. The fourth-order valence-electron chi connectivity index (χ4n) is 1.64. The molecule has 5 nitrogen and oxygen atoms in total. The van der Waals surface area contributed by atoms with Crippen LogP contribution in [0.1, 0.15) is 12.1 Å². The molecule has 2 rings (SSSR count). The van der Waals surface area contributed by atoms with Gasteiger partial charge in [0.25, 0.3) is 0 Å². The molecular weight excluding hydrogens is 214 g/mol. The summed E-state index contributed by atoms with van der Waals surface area (Å²) in [4.78, 5) is 0. The molecule has 0 aliphatic carbocycles. The topological polar surface area (TPSA) is 79.6 Å². The fraction of sp³-hybridized carbons (Fsp3) is 0.333. The first kappa shape index (κ1) is 11.8. The van der Waals surface area contributed by atoms with Crippen molar-refractivity contribution in [3.63, 3.8) is 0 Å². The molecule has 4 N–H and O–H groups in total. The van der Waals surface area contributed by atoms with Crippen LogP contribution in [0.25, 0.3) is 11.3 Å². The average Bonchev–Trinajstić information content (AvgIpc) is 2.84. The highest BCUT2D eigenvalue weighted by Gasteiger charge is 2.08. The maximum absolute atomic E-state index is 5.43. The smallest absolute Gasteiger partial charge is 0.117 e. The van der Waals surface area contributed by atoms with Gasteiger partial charge in [0, 0.05) is 12.1 Å².